The number of nitrogens with zero attached hydrogens (tertiary/aromatic N) is 4. The first-order valence-corrected chi connectivity index (χ1v) is 17.7. The van der Waals surface area contributed by atoms with Crippen molar-refractivity contribution in [3.05, 3.63) is 47.1 Å². The number of aromatic nitrogens is 3. The van der Waals surface area contributed by atoms with Crippen molar-refractivity contribution < 1.29 is 26.9 Å². The third-order valence-electron chi connectivity index (χ3n) is 7.59. The first-order valence-electron chi connectivity index (χ1n) is 14.3. The number of piperidine rings is 1. The van der Waals surface area contributed by atoms with Gasteiger partial charge in [0.05, 0.1) is 47.1 Å². The molecule has 14 heteroatoms. The number of methoxy groups -OCH3 is 1. The quantitative estimate of drug-likeness (QED) is 0.137. The van der Waals surface area contributed by atoms with Crippen LogP contribution in [-0.2, 0) is 18.0 Å². The molecule has 2 atom stereocenters. The maximum Gasteiger partial charge on any atom is 0.393 e. The van der Waals surface area contributed by atoms with E-state index in [1.54, 1.807) is 61.7 Å². The Balaban J connectivity index is 1.45. The van der Waals surface area contributed by atoms with Crippen LogP contribution in [0.25, 0.3) is 21.5 Å². The van der Waals surface area contributed by atoms with Crippen molar-refractivity contribution in [2.75, 3.05) is 57.8 Å². The maximum atomic E-state index is 14.8. The summed E-state index contributed by atoms with van der Waals surface area (Å²) in [5.74, 6) is 6.75. The fourth-order valence-electron chi connectivity index (χ4n) is 5.41. The summed E-state index contributed by atoms with van der Waals surface area (Å²) in [7, 11) is 2.34. The number of aryl methyl sites for hydroxylation is 1. The largest absolute Gasteiger partial charge is 0.495 e. The first-order chi connectivity index (χ1) is 21.2. The second kappa shape index (κ2) is 13.0. The Labute approximate surface area is 263 Å². The predicted molar refractivity (Wildman–Crippen MR) is 173 cm³/mol. The molecule has 1 aliphatic rings. The zero-order valence-corrected chi connectivity index (χ0v) is 27.3. The van der Waals surface area contributed by atoms with Gasteiger partial charge >= 0.3 is 6.18 Å². The molecule has 0 radical (unpaired) electrons. The normalized spacial score (nSPS) is 17.6. The van der Waals surface area contributed by atoms with Crippen LogP contribution in [0.4, 0.5) is 28.9 Å². The molecule has 1 saturated heterocycles. The van der Waals surface area contributed by atoms with Gasteiger partial charge in [0.15, 0.2) is 5.82 Å². The molecular weight excluding hydrogens is 627 g/mol. The lowest BCUT2D eigenvalue weighted by Gasteiger charge is -2.33. The van der Waals surface area contributed by atoms with E-state index in [0.717, 1.165) is 6.54 Å². The molecule has 1 fully saturated rings. The number of fused-ring (bicyclic) bond motifs is 1. The minimum absolute atomic E-state index is 0.0879. The molecule has 45 heavy (non-hydrogen) atoms. The van der Waals surface area contributed by atoms with Crippen molar-refractivity contribution >= 4 is 45.2 Å². The van der Waals surface area contributed by atoms with Crippen LogP contribution in [0.15, 0.2) is 36.7 Å². The van der Waals surface area contributed by atoms with Crippen LogP contribution in [0.2, 0.25) is 0 Å². The highest BCUT2D eigenvalue weighted by atomic mass is 32.1. The van der Waals surface area contributed by atoms with E-state index < -0.39 is 32.0 Å². The highest BCUT2D eigenvalue weighted by Gasteiger charge is 2.32. The van der Waals surface area contributed by atoms with Gasteiger partial charge in [-0.1, -0.05) is 24.0 Å². The van der Waals surface area contributed by atoms with Crippen molar-refractivity contribution in [2.24, 2.45) is 7.05 Å². The standard InChI is InChI=1S/C31H35F4N6O2PS/c1-40-13-11-23(22(32)17-40)38-24-9-6-8-19-21(16-31(33,34)35)28(45-29(19)24)10-7-12-36-25-14-20(30-37-18-41(2)39-30)27(44(4,5)42)15-26(25)43-3/h6,8-9,14-15,18,22-23,36,38H,11-13,16-17H2,1-5H3/t22-,23+/m0/s1. The van der Waals surface area contributed by atoms with Crippen molar-refractivity contribution in [1.82, 2.24) is 19.7 Å². The van der Waals surface area contributed by atoms with E-state index in [-0.39, 0.29) is 12.1 Å². The zero-order valence-electron chi connectivity index (χ0n) is 25.6. The van der Waals surface area contributed by atoms with E-state index in [9.17, 15) is 22.1 Å². The van der Waals surface area contributed by atoms with E-state index in [0.29, 0.717) is 61.7 Å². The van der Waals surface area contributed by atoms with Crippen molar-refractivity contribution in [3.8, 4) is 29.0 Å². The fourth-order valence-corrected chi connectivity index (χ4v) is 7.75. The van der Waals surface area contributed by atoms with Crippen LogP contribution < -0.4 is 20.7 Å². The number of nitrogens with one attached hydrogen (secondary N) is 2. The second-order valence-corrected chi connectivity index (χ2v) is 15.7. The lowest BCUT2D eigenvalue weighted by atomic mass is 10.0. The third-order valence-corrected chi connectivity index (χ3v) is 10.3. The Kier molecular flexibility index (Phi) is 9.49. The summed E-state index contributed by atoms with van der Waals surface area (Å²) in [4.78, 5) is 6.54. The summed E-state index contributed by atoms with van der Waals surface area (Å²) in [5, 5.41) is 11.8. The monoisotopic (exact) mass is 662 g/mol. The number of thiophene rings is 1. The molecule has 0 spiro atoms. The topological polar surface area (TPSA) is 84.3 Å². The molecule has 2 aromatic heterocycles. The molecule has 0 amide bonds. The number of hydrogen-bond donors (Lipinski definition) is 2. The summed E-state index contributed by atoms with van der Waals surface area (Å²) in [6, 6.07) is 8.13. The van der Waals surface area contributed by atoms with Gasteiger partial charge in [0.1, 0.15) is 25.4 Å². The zero-order chi connectivity index (χ0) is 32.5. The molecule has 2 N–H and O–H groups in total. The lowest BCUT2D eigenvalue weighted by molar-refractivity contribution is -0.126. The number of halogens is 4. The van der Waals surface area contributed by atoms with Gasteiger partial charge in [0.25, 0.3) is 0 Å². The van der Waals surface area contributed by atoms with Crippen LogP contribution in [0.5, 0.6) is 5.75 Å². The van der Waals surface area contributed by atoms with E-state index in [4.69, 9.17) is 4.74 Å². The van der Waals surface area contributed by atoms with E-state index in [2.05, 4.69) is 32.6 Å². The number of likely N-dealkylation sites (tertiary alicyclic amines) is 1. The first kappa shape index (κ1) is 32.8. The number of anilines is 2. The van der Waals surface area contributed by atoms with E-state index >= 15 is 0 Å². The van der Waals surface area contributed by atoms with Crippen LogP contribution in [-0.4, -0.2) is 85.2 Å². The summed E-state index contributed by atoms with van der Waals surface area (Å²) in [6.45, 7) is 4.42. The molecule has 0 unspecified atom stereocenters. The molecule has 8 nitrogen and oxygen atoms in total. The predicted octanol–water partition coefficient (Wildman–Crippen LogP) is 5.98. The van der Waals surface area contributed by atoms with E-state index in [1.807, 2.05) is 11.9 Å². The highest BCUT2D eigenvalue weighted by molar-refractivity contribution is 7.70. The summed E-state index contributed by atoms with van der Waals surface area (Å²) in [5.41, 5.74) is 1.83. The SMILES string of the molecule is COc1cc(P(C)(C)=O)c(-c2ncn(C)n2)cc1NCC#Cc1sc2c(N[C@@H]3CCN(C)C[C@@H]3F)cccc2c1CC(F)(F)F. The average molecular weight is 663 g/mol. The van der Waals surface area contributed by atoms with Gasteiger partial charge in [-0.05, 0) is 55.9 Å². The van der Waals surface area contributed by atoms with Gasteiger partial charge in [-0.3, -0.25) is 4.68 Å². The van der Waals surface area contributed by atoms with Crippen LogP contribution >= 0.6 is 18.5 Å². The Bertz CT molecular complexity index is 1810. The second-order valence-electron chi connectivity index (χ2n) is 11.5. The maximum absolute atomic E-state index is 14.8. The smallest absolute Gasteiger partial charge is 0.393 e. The minimum atomic E-state index is -4.44. The van der Waals surface area contributed by atoms with Gasteiger partial charge < -0.3 is 24.8 Å². The van der Waals surface area contributed by atoms with Crippen LogP contribution in [0, 0.1) is 11.8 Å². The Morgan fingerprint density at radius 3 is 2.62 bits per heavy atom. The third kappa shape index (κ3) is 7.63. The number of rotatable bonds is 8. The molecule has 3 heterocycles. The van der Waals surface area contributed by atoms with Gasteiger partial charge in [-0.15, -0.1) is 11.3 Å². The van der Waals surface area contributed by atoms with Gasteiger partial charge in [0, 0.05) is 31.0 Å². The molecule has 0 aliphatic carbocycles. The summed E-state index contributed by atoms with van der Waals surface area (Å²) in [6.07, 6.45) is -4.53. The van der Waals surface area contributed by atoms with Crippen molar-refractivity contribution in [1.29, 1.82) is 0 Å². The molecule has 5 rings (SSSR count). The van der Waals surface area contributed by atoms with E-state index in [1.165, 1.54) is 18.4 Å². The van der Waals surface area contributed by atoms with Gasteiger partial charge in [0.2, 0.25) is 0 Å². The van der Waals surface area contributed by atoms with Crippen molar-refractivity contribution in [3.63, 3.8) is 0 Å². The molecule has 4 aromatic rings. The molecule has 2 aromatic carbocycles. The summed E-state index contributed by atoms with van der Waals surface area (Å²) < 4.78 is 76.7. The van der Waals surface area contributed by atoms with Crippen LogP contribution in [0.3, 0.4) is 0 Å². The molecule has 240 valence electrons. The van der Waals surface area contributed by atoms with Crippen molar-refractivity contribution in [2.45, 2.75) is 31.2 Å². The highest BCUT2D eigenvalue weighted by Crippen LogP contribution is 2.42. The minimum Gasteiger partial charge on any atom is -0.495 e. The fraction of sp³-hybridized carbons (Fsp3) is 0.419. The lowest BCUT2D eigenvalue weighted by Crippen LogP contribution is -2.46. The molecule has 0 saturated carbocycles. The number of hydrogen-bond acceptors (Lipinski definition) is 8. The van der Waals surface area contributed by atoms with Crippen LogP contribution in [0.1, 0.15) is 16.9 Å². The van der Waals surface area contributed by atoms with Gasteiger partial charge in [-0.2, -0.15) is 18.3 Å². The molecule has 0 bridgehead atoms. The number of alkyl halides is 4. The molecule has 1 aliphatic heterocycles. The Morgan fingerprint density at radius 2 is 1.98 bits per heavy atom. The summed E-state index contributed by atoms with van der Waals surface area (Å²) >= 11 is 1.17. The Hall–Kier alpha value is -3.59. The average Bonchev–Trinajstić information content (AvgIpc) is 3.54. The van der Waals surface area contributed by atoms with Gasteiger partial charge in [-0.25, -0.2) is 9.37 Å². The number of ether oxygens (including phenoxy) is 1. The molecular formula is C31H35F4N6O2PS. The Morgan fingerprint density at radius 1 is 1.20 bits per heavy atom. The number of benzene rings is 2.